The van der Waals surface area contributed by atoms with Crippen LogP contribution in [0.2, 0.25) is 0 Å². The highest BCUT2D eigenvalue weighted by atomic mass is 19.1. The first kappa shape index (κ1) is 15.9. The molecule has 0 bridgehead atoms. The van der Waals surface area contributed by atoms with Crippen LogP contribution in [0.3, 0.4) is 0 Å². The Kier molecular flexibility index (Phi) is 7.36. The van der Waals surface area contributed by atoms with Gasteiger partial charge in [0.2, 0.25) is 0 Å². The standard InChI is InChI=1S/C14H21F2NO2/c1-3-5-17-6-8-19-7-4-12-13(15)9-11(18-2)10-14(12)16/h9-10,17H,3-8H2,1-2H3. The van der Waals surface area contributed by atoms with Crippen LogP contribution in [0.4, 0.5) is 8.78 Å². The Balaban J connectivity index is 2.33. The summed E-state index contributed by atoms with van der Waals surface area (Å²) in [6.45, 7) is 4.63. The van der Waals surface area contributed by atoms with E-state index in [1.807, 2.05) is 0 Å². The number of rotatable bonds is 9. The molecule has 1 N–H and O–H groups in total. The van der Waals surface area contributed by atoms with E-state index in [1.165, 1.54) is 19.2 Å². The van der Waals surface area contributed by atoms with Gasteiger partial charge in [-0.1, -0.05) is 6.92 Å². The maximum Gasteiger partial charge on any atom is 0.133 e. The fourth-order valence-corrected chi connectivity index (χ4v) is 1.66. The zero-order valence-corrected chi connectivity index (χ0v) is 11.5. The van der Waals surface area contributed by atoms with Gasteiger partial charge in [0.05, 0.1) is 20.3 Å². The highest BCUT2D eigenvalue weighted by molar-refractivity contribution is 5.30. The van der Waals surface area contributed by atoms with E-state index in [9.17, 15) is 8.78 Å². The Labute approximate surface area is 112 Å². The molecule has 1 aromatic rings. The Morgan fingerprint density at radius 1 is 1.11 bits per heavy atom. The molecule has 0 unspecified atom stereocenters. The maximum atomic E-state index is 13.6. The molecule has 0 saturated carbocycles. The van der Waals surface area contributed by atoms with Gasteiger partial charge in [-0.2, -0.15) is 0 Å². The Bertz CT molecular complexity index is 363. The molecule has 5 heteroatoms. The predicted molar refractivity (Wildman–Crippen MR) is 70.6 cm³/mol. The van der Waals surface area contributed by atoms with Crippen LogP contribution in [-0.2, 0) is 11.2 Å². The fourth-order valence-electron chi connectivity index (χ4n) is 1.66. The van der Waals surface area contributed by atoms with E-state index >= 15 is 0 Å². The molecule has 3 nitrogen and oxygen atoms in total. The molecule has 0 spiro atoms. The van der Waals surface area contributed by atoms with Crippen LogP contribution in [-0.4, -0.2) is 33.4 Å². The highest BCUT2D eigenvalue weighted by Crippen LogP contribution is 2.20. The van der Waals surface area contributed by atoms with E-state index in [1.54, 1.807) is 0 Å². The highest BCUT2D eigenvalue weighted by Gasteiger charge is 2.11. The lowest BCUT2D eigenvalue weighted by Crippen LogP contribution is -2.20. The minimum atomic E-state index is -0.593. The lowest BCUT2D eigenvalue weighted by Gasteiger charge is -2.08. The Morgan fingerprint density at radius 3 is 2.37 bits per heavy atom. The molecular weight excluding hydrogens is 252 g/mol. The van der Waals surface area contributed by atoms with Gasteiger partial charge >= 0.3 is 0 Å². The van der Waals surface area contributed by atoms with Crippen LogP contribution in [0.25, 0.3) is 0 Å². The average molecular weight is 273 g/mol. The first-order valence-electron chi connectivity index (χ1n) is 6.49. The quantitative estimate of drug-likeness (QED) is 0.701. The average Bonchev–Trinajstić information content (AvgIpc) is 2.40. The number of ether oxygens (including phenoxy) is 2. The molecule has 0 aliphatic heterocycles. The second-order valence-corrected chi connectivity index (χ2v) is 4.18. The van der Waals surface area contributed by atoms with Crippen LogP contribution < -0.4 is 10.1 Å². The summed E-state index contributed by atoms with van der Waals surface area (Å²) in [4.78, 5) is 0. The van der Waals surface area contributed by atoms with Crippen molar-refractivity contribution in [2.45, 2.75) is 19.8 Å². The van der Waals surface area contributed by atoms with E-state index in [2.05, 4.69) is 12.2 Å². The minimum absolute atomic E-state index is 0.0438. The van der Waals surface area contributed by atoms with Crippen LogP contribution >= 0.6 is 0 Å². The molecule has 0 aliphatic rings. The van der Waals surface area contributed by atoms with Crippen molar-refractivity contribution in [2.75, 3.05) is 33.4 Å². The molecule has 0 saturated heterocycles. The van der Waals surface area contributed by atoms with Gasteiger partial charge in [-0.3, -0.25) is 0 Å². The second-order valence-electron chi connectivity index (χ2n) is 4.18. The molecule has 1 rings (SSSR count). The smallest absolute Gasteiger partial charge is 0.133 e. The molecule has 19 heavy (non-hydrogen) atoms. The monoisotopic (exact) mass is 273 g/mol. The number of benzene rings is 1. The summed E-state index contributed by atoms with van der Waals surface area (Å²) in [7, 11) is 1.38. The molecular formula is C14H21F2NO2. The number of hydrogen-bond donors (Lipinski definition) is 1. The first-order chi connectivity index (χ1) is 9.19. The maximum absolute atomic E-state index is 13.6. The third kappa shape index (κ3) is 5.53. The van der Waals surface area contributed by atoms with Crippen LogP contribution in [0.15, 0.2) is 12.1 Å². The van der Waals surface area contributed by atoms with Gasteiger partial charge in [0, 0.05) is 30.7 Å². The molecule has 0 fully saturated rings. The summed E-state index contributed by atoms with van der Waals surface area (Å²) in [5.41, 5.74) is 0.0438. The van der Waals surface area contributed by atoms with Crippen molar-refractivity contribution in [3.05, 3.63) is 29.3 Å². The predicted octanol–water partition coefficient (Wildman–Crippen LogP) is 2.53. The van der Waals surface area contributed by atoms with Gasteiger partial charge in [0.15, 0.2) is 0 Å². The van der Waals surface area contributed by atoms with E-state index in [0.29, 0.717) is 13.2 Å². The molecule has 0 heterocycles. The number of nitrogens with one attached hydrogen (secondary N) is 1. The van der Waals surface area contributed by atoms with Crippen LogP contribution in [0.5, 0.6) is 5.75 Å². The van der Waals surface area contributed by atoms with E-state index < -0.39 is 11.6 Å². The summed E-state index contributed by atoms with van der Waals surface area (Å²) in [6, 6.07) is 2.36. The lowest BCUT2D eigenvalue weighted by atomic mass is 10.1. The van der Waals surface area contributed by atoms with Crippen molar-refractivity contribution in [1.82, 2.24) is 5.32 Å². The number of halogens is 2. The Morgan fingerprint density at radius 2 is 1.79 bits per heavy atom. The molecule has 0 aliphatic carbocycles. The lowest BCUT2D eigenvalue weighted by molar-refractivity contribution is 0.138. The largest absolute Gasteiger partial charge is 0.497 e. The zero-order valence-electron chi connectivity index (χ0n) is 11.5. The summed E-state index contributed by atoms with van der Waals surface area (Å²) in [5.74, 6) is -1.00. The molecule has 108 valence electrons. The summed E-state index contributed by atoms with van der Waals surface area (Å²) >= 11 is 0. The molecule has 0 aromatic heterocycles. The normalized spacial score (nSPS) is 10.7. The zero-order chi connectivity index (χ0) is 14.1. The van der Waals surface area contributed by atoms with Crippen molar-refractivity contribution >= 4 is 0 Å². The van der Waals surface area contributed by atoms with E-state index in [-0.39, 0.29) is 17.7 Å². The van der Waals surface area contributed by atoms with Gasteiger partial charge in [-0.25, -0.2) is 8.78 Å². The van der Waals surface area contributed by atoms with Gasteiger partial charge < -0.3 is 14.8 Å². The van der Waals surface area contributed by atoms with Crippen molar-refractivity contribution in [1.29, 1.82) is 0 Å². The van der Waals surface area contributed by atoms with Gasteiger partial charge in [-0.15, -0.1) is 0 Å². The summed E-state index contributed by atoms with van der Waals surface area (Å²) < 4.78 is 37.3. The van der Waals surface area contributed by atoms with Crippen molar-refractivity contribution in [2.24, 2.45) is 0 Å². The van der Waals surface area contributed by atoms with Gasteiger partial charge in [-0.05, 0) is 13.0 Å². The van der Waals surface area contributed by atoms with Crippen molar-refractivity contribution in [3.63, 3.8) is 0 Å². The molecule has 0 radical (unpaired) electrons. The summed E-state index contributed by atoms with van der Waals surface area (Å²) in [6.07, 6.45) is 1.29. The molecule has 0 amide bonds. The van der Waals surface area contributed by atoms with Crippen molar-refractivity contribution < 1.29 is 18.3 Å². The Hall–Kier alpha value is -1.20. The number of hydrogen-bond acceptors (Lipinski definition) is 3. The fraction of sp³-hybridized carbons (Fsp3) is 0.571. The van der Waals surface area contributed by atoms with Crippen molar-refractivity contribution in [3.8, 4) is 5.75 Å². The van der Waals surface area contributed by atoms with Gasteiger partial charge in [0.25, 0.3) is 0 Å². The van der Waals surface area contributed by atoms with Crippen LogP contribution in [0.1, 0.15) is 18.9 Å². The third-order valence-electron chi connectivity index (χ3n) is 2.70. The topological polar surface area (TPSA) is 30.5 Å². The summed E-state index contributed by atoms with van der Waals surface area (Å²) in [5, 5.41) is 3.18. The first-order valence-corrected chi connectivity index (χ1v) is 6.49. The van der Waals surface area contributed by atoms with Gasteiger partial charge in [0.1, 0.15) is 17.4 Å². The third-order valence-corrected chi connectivity index (χ3v) is 2.70. The van der Waals surface area contributed by atoms with E-state index in [0.717, 1.165) is 19.5 Å². The van der Waals surface area contributed by atoms with Crippen LogP contribution in [0, 0.1) is 11.6 Å². The molecule has 1 aromatic carbocycles. The SMILES string of the molecule is CCCNCCOCCc1c(F)cc(OC)cc1F. The van der Waals surface area contributed by atoms with E-state index in [4.69, 9.17) is 9.47 Å². The number of methoxy groups -OCH3 is 1. The molecule has 0 atom stereocenters. The second kappa shape index (κ2) is 8.82. The minimum Gasteiger partial charge on any atom is -0.497 e.